The first-order valence-electron chi connectivity index (χ1n) is 8.69. The third kappa shape index (κ3) is 4.71. The quantitative estimate of drug-likeness (QED) is 0.227. The maximum Gasteiger partial charge on any atom is 0.314 e. The number of H-pyrrole nitrogens is 1. The fraction of sp³-hybridized carbons (Fsp3) is 0.150. The number of hydrogen-bond acceptors (Lipinski definition) is 4. The molecule has 28 heavy (non-hydrogen) atoms. The number of aromatic nitrogens is 1. The van der Waals surface area contributed by atoms with Crippen LogP contribution in [-0.2, 0) is 4.43 Å². The van der Waals surface area contributed by atoms with Gasteiger partial charge in [0.15, 0.2) is 5.88 Å². The zero-order valence-corrected chi connectivity index (χ0v) is 16.8. The Kier molecular flexibility index (Phi) is 5.41. The van der Waals surface area contributed by atoms with E-state index in [2.05, 4.69) is 15.2 Å². The monoisotopic (exact) mass is 396 g/mol. The molecule has 0 amide bonds. The number of fused-ring (bicyclic) bond motifs is 1. The van der Waals surface area contributed by atoms with Gasteiger partial charge < -0.3 is 14.5 Å². The normalized spacial score (nSPS) is 12.6. The van der Waals surface area contributed by atoms with Crippen molar-refractivity contribution in [1.29, 1.82) is 5.41 Å². The van der Waals surface area contributed by atoms with E-state index in [0.717, 1.165) is 10.9 Å². The molecule has 144 valence electrons. The summed E-state index contributed by atoms with van der Waals surface area (Å²) in [6, 6.07) is 12.9. The molecule has 3 aromatic rings. The van der Waals surface area contributed by atoms with Crippen molar-refractivity contribution in [3.8, 4) is 5.88 Å². The lowest BCUT2D eigenvalue weighted by Gasteiger charge is -2.16. The summed E-state index contributed by atoms with van der Waals surface area (Å²) in [7, 11) is -1.98. The van der Waals surface area contributed by atoms with Crippen LogP contribution < -0.4 is 0 Å². The van der Waals surface area contributed by atoms with Gasteiger partial charge in [-0.25, -0.2) is 9.80 Å². The van der Waals surface area contributed by atoms with Crippen LogP contribution in [0.15, 0.2) is 58.8 Å². The Morgan fingerprint density at radius 3 is 2.46 bits per heavy atom. The topological polar surface area (TPSA) is 93.8 Å². The predicted molar refractivity (Wildman–Crippen MR) is 111 cm³/mol. The van der Waals surface area contributed by atoms with Gasteiger partial charge in [0.1, 0.15) is 5.82 Å². The van der Waals surface area contributed by atoms with Gasteiger partial charge in [-0.3, -0.25) is 0 Å². The highest BCUT2D eigenvalue weighted by Crippen LogP contribution is 2.31. The number of azo groups is 1. The average Bonchev–Trinajstić information content (AvgIpc) is 2.93. The van der Waals surface area contributed by atoms with Gasteiger partial charge >= 0.3 is 6.02 Å². The van der Waals surface area contributed by atoms with E-state index in [1.165, 1.54) is 12.1 Å². The highest BCUT2D eigenvalue weighted by Gasteiger charge is 2.18. The number of aromatic amines is 1. The molecule has 3 N–H and O–H groups in total. The smallest absolute Gasteiger partial charge is 0.314 e. The van der Waals surface area contributed by atoms with Crippen LogP contribution in [0.3, 0.4) is 0 Å². The van der Waals surface area contributed by atoms with E-state index in [1.807, 2.05) is 43.9 Å². The van der Waals surface area contributed by atoms with Crippen LogP contribution in [0.5, 0.6) is 5.88 Å². The summed E-state index contributed by atoms with van der Waals surface area (Å²) in [5, 5.41) is 27.0. The summed E-state index contributed by atoms with van der Waals surface area (Å²) in [5.41, 5.74) is 2.27. The summed E-state index contributed by atoms with van der Waals surface area (Å²) in [6.07, 6.45) is 1.65. The van der Waals surface area contributed by atoms with Crippen molar-refractivity contribution in [2.24, 2.45) is 10.2 Å². The molecule has 1 aromatic heterocycles. The van der Waals surface area contributed by atoms with Crippen molar-refractivity contribution >= 4 is 37.0 Å². The molecule has 0 aliphatic heterocycles. The van der Waals surface area contributed by atoms with E-state index in [0.29, 0.717) is 16.8 Å². The van der Waals surface area contributed by atoms with Crippen LogP contribution >= 0.6 is 0 Å². The van der Waals surface area contributed by atoms with E-state index in [1.54, 1.807) is 18.2 Å². The molecule has 0 spiro atoms. The third-order valence-corrected chi connectivity index (χ3v) is 4.60. The molecular weight excluding hydrogens is 375 g/mol. The van der Waals surface area contributed by atoms with Gasteiger partial charge in [0.25, 0.3) is 0 Å². The molecule has 2 aromatic carbocycles. The highest BCUT2D eigenvalue weighted by molar-refractivity contribution is 6.71. The summed E-state index contributed by atoms with van der Waals surface area (Å²) >= 11 is 0. The van der Waals surface area contributed by atoms with Gasteiger partial charge in [-0.15, -0.1) is 5.11 Å². The number of hydrogen-bond donors (Lipinski definition) is 3. The molecule has 0 saturated carbocycles. The van der Waals surface area contributed by atoms with Crippen LogP contribution in [0.25, 0.3) is 22.7 Å². The summed E-state index contributed by atoms with van der Waals surface area (Å²) in [4.78, 5) is 2.91. The summed E-state index contributed by atoms with van der Waals surface area (Å²) in [6.45, 7) is 5.83. The molecule has 0 atom stereocenters. The van der Waals surface area contributed by atoms with E-state index < -0.39 is 8.32 Å². The number of halogens is 1. The second-order valence-electron chi connectivity index (χ2n) is 7.19. The Morgan fingerprint density at radius 2 is 1.79 bits per heavy atom. The van der Waals surface area contributed by atoms with E-state index in [9.17, 15) is 9.50 Å². The van der Waals surface area contributed by atoms with E-state index in [-0.39, 0.29) is 17.7 Å². The first-order valence-corrected chi connectivity index (χ1v) is 12.1. The number of amidine groups is 1. The third-order valence-electron chi connectivity index (χ3n) is 3.80. The van der Waals surface area contributed by atoms with Gasteiger partial charge in [-0.2, -0.15) is 0 Å². The summed E-state index contributed by atoms with van der Waals surface area (Å²) in [5.74, 6) is -0.380. The van der Waals surface area contributed by atoms with Gasteiger partial charge in [-0.05, 0) is 56.0 Å². The first kappa shape index (κ1) is 19.5. The lowest BCUT2D eigenvalue weighted by molar-refractivity contribution is 0.457. The Balaban J connectivity index is 2.05. The fourth-order valence-corrected chi connectivity index (χ4v) is 3.25. The van der Waals surface area contributed by atoms with Crippen molar-refractivity contribution < 1.29 is 13.9 Å². The van der Waals surface area contributed by atoms with Gasteiger partial charge in [0, 0.05) is 22.0 Å². The van der Waals surface area contributed by atoms with Gasteiger partial charge in [0.2, 0.25) is 8.32 Å². The molecule has 0 bridgehead atoms. The highest BCUT2D eigenvalue weighted by atomic mass is 28.4. The number of nitrogens with one attached hydrogen (secondary N) is 2. The molecule has 0 fully saturated rings. The molecule has 6 nitrogen and oxygen atoms in total. The van der Waals surface area contributed by atoms with E-state index in [4.69, 9.17) is 9.84 Å². The maximum atomic E-state index is 13.3. The number of nitrogens with zero attached hydrogens (tertiary/aromatic N) is 2. The number of benzene rings is 2. The van der Waals surface area contributed by atoms with Crippen LogP contribution in [0, 0.1) is 11.2 Å². The molecule has 1 heterocycles. The van der Waals surface area contributed by atoms with Crippen molar-refractivity contribution in [2.75, 3.05) is 0 Å². The zero-order chi connectivity index (χ0) is 20.3. The largest absolute Gasteiger partial charge is 0.517 e. The number of aromatic hydroxyl groups is 1. The predicted octanol–water partition coefficient (Wildman–Crippen LogP) is 5.75. The van der Waals surface area contributed by atoms with Gasteiger partial charge in [0.05, 0.1) is 5.70 Å². The molecule has 0 aliphatic rings. The fourth-order valence-electron chi connectivity index (χ4n) is 2.63. The molecule has 0 radical (unpaired) electrons. The second-order valence-corrected chi connectivity index (χ2v) is 11.6. The van der Waals surface area contributed by atoms with Crippen molar-refractivity contribution in [3.63, 3.8) is 0 Å². The minimum absolute atomic E-state index is 0.00978. The van der Waals surface area contributed by atoms with Gasteiger partial charge in [-0.1, -0.05) is 23.3 Å². The lowest BCUT2D eigenvalue weighted by atomic mass is 10.1. The molecule has 8 heteroatoms. The van der Waals surface area contributed by atoms with Crippen LogP contribution in [-0.4, -0.2) is 24.4 Å². The molecule has 0 aliphatic carbocycles. The minimum atomic E-state index is -1.98. The Hall–Kier alpha value is -3.26. The first-order chi connectivity index (χ1) is 13.2. The van der Waals surface area contributed by atoms with Crippen LogP contribution in [0.1, 0.15) is 11.1 Å². The lowest BCUT2D eigenvalue weighted by Crippen LogP contribution is -2.27. The Labute approximate surface area is 163 Å². The molecule has 0 unspecified atom stereocenters. The minimum Gasteiger partial charge on any atom is -0.517 e. The standard InChI is InChI=1S/C20H21FN4O2Si/c1-28(2,3)27-20(22)25-24-18(13-8-10-14(21)11-9-13)12-16-15-6-4-5-7-17(15)23-19(16)26/h4-12,22-23,26H,1-3H3/b18-12-,22-20?,25-24?. The summed E-state index contributed by atoms with van der Waals surface area (Å²) < 4.78 is 18.8. The van der Waals surface area contributed by atoms with Crippen molar-refractivity contribution in [1.82, 2.24) is 4.98 Å². The number of para-hydroxylation sites is 1. The zero-order valence-electron chi connectivity index (χ0n) is 15.8. The second kappa shape index (κ2) is 7.77. The number of rotatable bonds is 4. The maximum absolute atomic E-state index is 13.3. The van der Waals surface area contributed by atoms with Crippen LogP contribution in [0.4, 0.5) is 4.39 Å². The van der Waals surface area contributed by atoms with Crippen LogP contribution in [0.2, 0.25) is 19.6 Å². The molecule has 0 saturated heterocycles. The SMILES string of the molecule is C[Si](C)(C)OC(=N)N=N/C(=C\c1c(O)[nH]c2ccccc12)c1ccc(F)cc1. The average molecular weight is 396 g/mol. The molecular formula is C20H21FN4O2Si. The molecule has 3 rings (SSSR count). The van der Waals surface area contributed by atoms with Crippen molar-refractivity contribution in [2.45, 2.75) is 19.6 Å². The Bertz CT molecular complexity index is 1070. The Morgan fingerprint density at radius 1 is 1.11 bits per heavy atom. The van der Waals surface area contributed by atoms with Crippen molar-refractivity contribution in [3.05, 3.63) is 65.5 Å². The van der Waals surface area contributed by atoms with E-state index >= 15 is 0 Å².